The van der Waals surface area contributed by atoms with Crippen molar-refractivity contribution in [1.29, 1.82) is 0 Å². The number of fused-ring (bicyclic) bond motifs is 1. The van der Waals surface area contributed by atoms with Crippen molar-refractivity contribution in [3.63, 3.8) is 0 Å². The lowest BCUT2D eigenvalue weighted by molar-refractivity contribution is 0.580. The third kappa shape index (κ3) is 6.99. The molecule has 8 heteroatoms. The number of aromatic nitrogens is 1. The van der Waals surface area contributed by atoms with Crippen molar-refractivity contribution in [3.8, 4) is 0 Å². The molecule has 2 aromatic rings. The van der Waals surface area contributed by atoms with E-state index in [2.05, 4.69) is 26.7 Å². The summed E-state index contributed by atoms with van der Waals surface area (Å²) in [5, 5.41) is 7.63. The zero-order valence-corrected chi connectivity index (χ0v) is 16.6. The first-order chi connectivity index (χ1) is 11.9. The first kappa shape index (κ1) is 19.7. The fourth-order valence-electron chi connectivity index (χ4n) is 2.36. The molecule has 0 spiro atoms. The minimum absolute atomic E-state index is 0.0465. The molecule has 1 aromatic heterocycles. The number of thiazole rings is 1. The number of nitrogens with zero attached hydrogens (tertiary/aromatic N) is 2. The molecule has 1 atom stereocenters. The van der Waals surface area contributed by atoms with E-state index in [0.717, 1.165) is 29.9 Å². The number of guanidine groups is 1. The fourth-order valence-corrected chi connectivity index (χ4v) is 4.16. The van der Waals surface area contributed by atoms with Crippen LogP contribution in [0.3, 0.4) is 0 Å². The second kappa shape index (κ2) is 9.15. The Morgan fingerprint density at radius 2 is 2.12 bits per heavy atom. The molecule has 25 heavy (non-hydrogen) atoms. The number of benzene rings is 1. The molecular formula is C17H26N4O2S2. The number of sulfone groups is 1. The smallest absolute Gasteiger partial charge is 0.191 e. The van der Waals surface area contributed by atoms with Crippen LogP contribution in [-0.4, -0.2) is 51.0 Å². The van der Waals surface area contributed by atoms with Crippen molar-refractivity contribution in [2.24, 2.45) is 4.99 Å². The molecule has 0 aliphatic rings. The van der Waals surface area contributed by atoms with E-state index >= 15 is 0 Å². The number of hydrogen-bond acceptors (Lipinski definition) is 5. The first-order valence-corrected chi connectivity index (χ1v) is 11.2. The molecule has 6 nitrogen and oxygen atoms in total. The highest BCUT2D eigenvalue weighted by molar-refractivity contribution is 7.90. The van der Waals surface area contributed by atoms with Crippen LogP contribution in [0.15, 0.2) is 29.3 Å². The lowest BCUT2D eigenvalue weighted by atomic mass is 10.2. The van der Waals surface area contributed by atoms with Crippen molar-refractivity contribution in [2.75, 3.05) is 25.6 Å². The van der Waals surface area contributed by atoms with Gasteiger partial charge >= 0.3 is 0 Å². The van der Waals surface area contributed by atoms with Gasteiger partial charge in [-0.1, -0.05) is 12.1 Å². The number of nitrogens with one attached hydrogen (secondary N) is 2. The number of hydrogen-bond donors (Lipinski definition) is 2. The van der Waals surface area contributed by atoms with E-state index < -0.39 is 9.84 Å². The Labute approximate surface area is 153 Å². The summed E-state index contributed by atoms with van der Waals surface area (Å²) in [5.74, 6) is 0.876. The minimum atomic E-state index is -2.93. The Kier molecular flexibility index (Phi) is 7.19. The Hall–Kier alpha value is -1.67. The topological polar surface area (TPSA) is 83.4 Å². The van der Waals surface area contributed by atoms with Gasteiger partial charge in [-0.15, -0.1) is 11.3 Å². The van der Waals surface area contributed by atoms with Gasteiger partial charge in [0.05, 0.1) is 21.0 Å². The fraction of sp³-hybridized carbons (Fsp3) is 0.529. The standard InChI is InChI=1S/C17H26N4O2S2/c1-13(10-12-25(3,22)23)20-17(18-2)19-11-6-9-16-21-14-7-4-5-8-15(14)24-16/h4-5,7-8,13H,6,9-12H2,1-3H3,(H2,18,19,20). The van der Waals surface area contributed by atoms with E-state index in [1.54, 1.807) is 18.4 Å². The summed E-state index contributed by atoms with van der Waals surface area (Å²) in [6.45, 7) is 2.74. The van der Waals surface area contributed by atoms with E-state index in [-0.39, 0.29) is 11.8 Å². The van der Waals surface area contributed by atoms with E-state index in [1.807, 2.05) is 25.1 Å². The van der Waals surface area contributed by atoms with Gasteiger partial charge in [-0.05, 0) is 31.9 Å². The average molecular weight is 383 g/mol. The minimum Gasteiger partial charge on any atom is -0.356 e. The van der Waals surface area contributed by atoms with Crippen molar-refractivity contribution < 1.29 is 8.42 Å². The second-order valence-electron chi connectivity index (χ2n) is 6.14. The summed E-state index contributed by atoms with van der Waals surface area (Å²) in [6, 6.07) is 8.22. The van der Waals surface area contributed by atoms with Crippen LogP contribution in [0.25, 0.3) is 10.2 Å². The normalized spacial score (nSPS) is 13.8. The van der Waals surface area contributed by atoms with Crippen LogP contribution in [0.2, 0.25) is 0 Å². The SMILES string of the molecule is CN=C(NCCCc1nc2ccccc2s1)NC(C)CCS(C)(=O)=O. The maximum Gasteiger partial charge on any atom is 0.191 e. The van der Waals surface area contributed by atoms with Gasteiger partial charge in [-0.3, -0.25) is 4.99 Å². The largest absolute Gasteiger partial charge is 0.356 e. The van der Waals surface area contributed by atoms with Crippen molar-refractivity contribution >= 4 is 37.4 Å². The van der Waals surface area contributed by atoms with Crippen molar-refractivity contribution in [3.05, 3.63) is 29.3 Å². The van der Waals surface area contributed by atoms with E-state index in [1.165, 1.54) is 11.0 Å². The Morgan fingerprint density at radius 1 is 1.36 bits per heavy atom. The third-order valence-electron chi connectivity index (χ3n) is 3.73. The highest BCUT2D eigenvalue weighted by atomic mass is 32.2. The zero-order chi connectivity index (χ0) is 18.3. The predicted molar refractivity (Wildman–Crippen MR) is 106 cm³/mol. The van der Waals surface area contributed by atoms with Crippen LogP contribution in [0.4, 0.5) is 0 Å². The van der Waals surface area contributed by atoms with Gasteiger partial charge in [0.1, 0.15) is 9.84 Å². The highest BCUT2D eigenvalue weighted by Crippen LogP contribution is 2.22. The summed E-state index contributed by atoms with van der Waals surface area (Å²) in [7, 11) is -1.22. The molecule has 138 valence electrons. The van der Waals surface area contributed by atoms with E-state index in [0.29, 0.717) is 12.4 Å². The van der Waals surface area contributed by atoms with Gasteiger partial charge in [0.2, 0.25) is 0 Å². The summed E-state index contributed by atoms with van der Waals surface area (Å²) < 4.78 is 23.7. The predicted octanol–water partition coefficient (Wildman–Crippen LogP) is 2.22. The van der Waals surface area contributed by atoms with E-state index in [4.69, 9.17) is 0 Å². The zero-order valence-electron chi connectivity index (χ0n) is 14.9. The van der Waals surface area contributed by atoms with Crippen LogP contribution < -0.4 is 10.6 Å². The third-order valence-corrected chi connectivity index (χ3v) is 5.80. The summed E-state index contributed by atoms with van der Waals surface area (Å²) >= 11 is 1.74. The Morgan fingerprint density at radius 3 is 2.80 bits per heavy atom. The summed E-state index contributed by atoms with van der Waals surface area (Å²) in [4.78, 5) is 8.82. The van der Waals surface area contributed by atoms with Crippen molar-refractivity contribution in [2.45, 2.75) is 32.2 Å². The second-order valence-corrected chi connectivity index (χ2v) is 9.52. The molecule has 0 radical (unpaired) electrons. The van der Waals surface area contributed by atoms with Gasteiger partial charge in [0.25, 0.3) is 0 Å². The number of aliphatic imine (C=N–C) groups is 1. The molecule has 2 rings (SSSR count). The molecule has 0 bridgehead atoms. The molecule has 0 aliphatic carbocycles. The monoisotopic (exact) mass is 382 g/mol. The van der Waals surface area contributed by atoms with Gasteiger partial charge < -0.3 is 10.6 Å². The van der Waals surface area contributed by atoms with Crippen LogP contribution >= 0.6 is 11.3 Å². The Balaban J connectivity index is 1.71. The number of rotatable bonds is 8. The van der Waals surface area contributed by atoms with Crippen LogP contribution in [0, 0.1) is 0 Å². The number of aryl methyl sites for hydroxylation is 1. The average Bonchev–Trinajstić information content (AvgIpc) is 2.98. The molecule has 2 N–H and O–H groups in total. The first-order valence-electron chi connectivity index (χ1n) is 8.37. The summed E-state index contributed by atoms with van der Waals surface area (Å²) in [6.07, 6.45) is 3.70. The number of para-hydroxylation sites is 1. The molecule has 1 unspecified atom stereocenters. The Bertz CT molecular complexity index is 782. The lowest BCUT2D eigenvalue weighted by Crippen LogP contribution is -2.43. The van der Waals surface area contributed by atoms with Gasteiger partial charge in [0, 0.05) is 32.3 Å². The molecular weight excluding hydrogens is 356 g/mol. The quantitative estimate of drug-likeness (QED) is 0.415. The van der Waals surface area contributed by atoms with Crippen LogP contribution in [0.1, 0.15) is 24.8 Å². The molecule has 0 aliphatic heterocycles. The van der Waals surface area contributed by atoms with Crippen molar-refractivity contribution in [1.82, 2.24) is 15.6 Å². The molecule has 0 fully saturated rings. The molecule has 0 saturated carbocycles. The highest BCUT2D eigenvalue weighted by Gasteiger charge is 2.09. The van der Waals surface area contributed by atoms with Crippen LogP contribution in [-0.2, 0) is 16.3 Å². The van der Waals surface area contributed by atoms with E-state index in [9.17, 15) is 8.42 Å². The maximum absolute atomic E-state index is 11.2. The lowest BCUT2D eigenvalue weighted by Gasteiger charge is -2.17. The van der Waals surface area contributed by atoms with Gasteiger partial charge in [-0.2, -0.15) is 0 Å². The van der Waals surface area contributed by atoms with Crippen LogP contribution in [0.5, 0.6) is 0 Å². The van der Waals surface area contributed by atoms with Gasteiger partial charge in [0.15, 0.2) is 5.96 Å². The molecule has 1 aromatic carbocycles. The maximum atomic E-state index is 11.2. The van der Waals surface area contributed by atoms with Gasteiger partial charge in [-0.25, -0.2) is 13.4 Å². The molecule has 1 heterocycles. The summed E-state index contributed by atoms with van der Waals surface area (Å²) in [5.41, 5.74) is 1.06. The molecule has 0 amide bonds. The molecule has 0 saturated heterocycles.